The van der Waals surface area contributed by atoms with Crippen molar-refractivity contribution in [2.45, 2.75) is 25.7 Å². The van der Waals surface area contributed by atoms with Gasteiger partial charge >= 0.3 is 17.9 Å². The zero-order valence-electron chi connectivity index (χ0n) is 9.52. The van der Waals surface area contributed by atoms with E-state index in [1.165, 1.54) is 6.08 Å². The molecule has 0 unspecified atom stereocenters. The molecule has 0 aromatic carbocycles. The lowest BCUT2D eigenvalue weighted by Gasteiger charge is -2.03. The first kappa shape index (κ1) is 15.2. The maximum absolute atomic E-state index is 11.1. The molecule has 0 aliphatic heterocycles. The molecule has 1 N–H and O–H groups in total. The van der Waals surface area contributed by atoms with Gasteiger partial charge in [-0.3, -0.25) is 14.4 Å². The van der Waals surface area contributed by atoms with Crippen molar-refractivity contribution in [1.82, 2.24) is 0 Å². The van der Waals surface area contributed by atoms with Crippen LogP contribution in [-0.4, -0.2) is 36.2 Å². The molecule has 17 heavy (non-hydrogen) atoms. The molecule has 0 heterocycles. The van der Waals surface area contributed by atoms with Gasteiger partial charge in [-0.25, -0.2) is 0 Å². The van der Waals surface area contributed by atoms with Gasteiger partial charge in [0.1, 0.15) is 6.61 Å². The minimum atomic E-state index is -0.936. The van der Waals surface area contributed by atoms with Crippen molar-refractivity contribution < 1.29 is 29.0 Å². The summed E-state index contributed by atoms with van der Waals surface area (Å²) in [7, 11) is 0. The lowest BCUT2D eigenvalue weighted by Crippen LogP contribution is -2.11. The monoisotopic (exact) mass is 244 g/mol. The quantitative estimate of drug-likeness (QED) is 0.368. The summed E-state index contributed by atoms with van der Waals surface area (Å²) in [5.41, 5.74) is 0. The zero-order chi connectivity index (χ0) is 13.1. The van der Waals surface area contributed by atoms with E-state index in [1.54, 1.807) is 0 Å². The molecule has 0 amide bonds. The molecule has 96 valence electrons. The molecule has 0 aromatic heterocycles. The predicted molar refractivity (Wildman–Crippen MR) is 58.2 cm³/mol. The average Bonchev–Trinajstić information content (AvgIpc) is 2.29. The van der Waals surface area contributed by atoms with E-state index in [9.17, 15) is 14.4 Å². The molecule has 0 bridgehead atoms. The molecule has 0 rings (SSSR count). The lowest BCUT2D eigenvalue weighted by atomic mass is 10.3. The minimum absolute atomic E-state index is 0.0470. The molecule has 6 nitrogen and oxygen atoms in total. The van der Waals surface area contributed by atoms with Crippen LogP contribution in [0, 0.1) is 0 Å². The molecule has 0 aromatic rings. The van der Waals surface area contributed by atoms with Crippen LogP contribution in [0.15, 0.2) is 12.7 Å². The van der Waals surface area contributed by atoms with Crippen molar-refractivity contribution in [3.8, 4) is 0 Å². The lowest BCUT2D eigenvalue weighted by molar-refractivity contribution is -0.150. The number of rotatable bonds is 9. The number of carboxylic acid groups (broad SMARTS) is 1. The summed E-state index contributed by atoms with van der Waals surface area (Å²) >= 11 is 0. The van der Waals surface area contributed by atoms with E-state index >= 15 is 0 Å². The first-order chi connectivity index (χ1) is 8.06. The Morgan fingerprint density at radius 1 is 1.06 bits per heavy atom. The van der Waals surface area contributed by atoms with Gasteiger partial charge in [0.05, 0.1) is 19.4 Å². The van der Waals surface area contributed by atoms with Gasteiger partial charge in [0.25, 0.3) is 0 Å². The Morgan fingerprint density at radius 2 is 1.65 bits per heavy atom. The van der Waals surface area contributed by atoms with Crippen LogP contribution in [0.5, 0.6) is 0 Å². The smallest absolute Gasteiger partial charge is 0.306 e. The summed E-state index contributed by atoms with van der Waals surface area (Å²) in [5, 5.41) is 8.33. The highest BCUT2D eigenvalue weighted by Gasteiger charge is 2.08. The first-order valence-corrected chi connectivity index (χ1v) is 5.20. The SMILES string of the molecule is C=CCOC(=O)CCC(=O)OCCCC(=O)O. The third kappa shape index (κ3) is 10.4. The number of carbonyl (C=O) groups is 3. The van der Waals surface area contributed by atoms with Crippen molar-refractivity contribution in [2.75, 3.05) is 13.2 Å². The Labute approximate surface area is 99.2 Å². The largest absolute Gasteiger partial charge is 0.481 e. The van der Waals surface area contributed by atoms with Gasteiger partial charge in [-0.2, -0.15) is 0 Å². The Hall–Kier alpha value is -1.85. The molecule has 0 spiro atoms. The van der Waals surface area contributed by atoms with Crippen LogP contribution < -0.4 is 0 Å². The van der Waals surface area contributed by atoms with Gasteiger partial charge < -0.3 is 14.6 Å². The minimum Gasteiger partial charge on any atom is -0.481 e. The summed E-state index contributed by atoms with van der Waals surface area (Å²) in [6.07, 6.45) is 1.54. The fraction of sp³-hybridized carbons (Fsp3) is 0.545. The van der Waals surface area contributed by atoms with Crippen molar-refractivity contribution >= 4 is 17.9 Å². The van der Waals surface area contributed by atoms with Crippen molar-refractivity contribution in [1.29, 1.82) is 0 Å². The van der Waals surface area contributed by atoms with E-state index in [1.807, 2.05) is 0 Å². The van der Waals surface area contributed by atoms with Gasteiger partial charge in [-0.05, 0) is 6.42 Å². The highest BCUT2D eigenvalue weighted by Crippen LogP contribution is 1.98. The average molecular weight is 244 g/mol. The summed E-state index contributed by atoms with van der Waals surface area (Å²) in [5.74, 6) is -1.97. The van der Waals surface area contributed by atoms with Gasteiger partial charge in [0.2, 0.25) is 0 Å². The number of hydrogen-bond acceptors (Lipinski definition) is 5. The predicted octanol–water partition coefficient (Wildman–Crippen LogP) is 0.904. The molecule has 0 fully saturated rings. The van der Waals surface area contributed by atoms with Gasteiger partial charge in [-0.1, -0.05) is 12.7 Å². The van der Waals surface area contributed by atoms with Crippen LogP contribution in [-0.2, 0) is 23.9 Å². The summed E-state index contributed by atoms with van der Waals surface area (Å²) in [4.78, 5) is 32.2. The van der Waals surface area contributed by atoms with E-state index in [4.69, 9.17) is 9.84 Å². The van der Waals surface area contributed by atoms with Crippen LogP contribution in [0.1, 0.15) is 25.7 Å². The topological polar surface area (TPSA) is 89.9 Å². The Kier molecular flexibility index (Phi) is 8.36. The molecular weight excluding hydrogens is 228 g/mol. The Morgan fingerprint density at radius 3 is 2.18 bits per heavy atom. The standard InChI is InChI=1S/C11H16O6/c1-2-7-16-10(14)5-6-11(15)17-8-3-4-9(12)13/h2H,1,3-8H2,(H,12,13). The Balaban J connectivity index is 3.49. The number of aliphatic carboxylic acids is 1. The summed E-state index contributed by atoms with van der Waals surface area (Å²) < 4.78 is 9.37. The number of carboxylic acids is 1. The van der Waals surface area contributed by atoms with Gasteiger partial charge in [0.15, 0.2) is 0 Å². The highest BCUT2D eigenvalue weighted by atomic mass is 16.5. The number of carbonyl (C=O) groups excluding carboxylic acids is 2. The first-order valence-electron chi connectivity index (χ1n) is 5.20. The van der Waals surface area contributed by atoms with E-state index < -0.39 is 17.9 Å². The summed E-state index contributed by atoms with van der Waals surface area (Å²) in [6.45, 7) is 3.54. The third-order valence-electron chi connectivity index (χ3n) is 1.69. The van der Waals surface area contributed by atoms with Crippen LogP contribution >= 0.6 is 0 Å². The fourth-order valence-corrected chi connectivity index (χ4v) is 0.910. The second-order valence-corrected chi connectivity index (χ2v) is 3.19. The number of hydrogen-bond donors (Lipinski definition) is 1. The van der Waals surface area contributed by atoms with E-state index in [0.29, 0.717) is 0 Å². The molecule has 0 saturated heterocycles. The van der Waals surface area contributed by atoms with Crippen LogP contribution in [0.4, 0.5) is 0 Å². The second-order valence-electron chi connectivity index (χ2n) is 3.19. The fourth-order valence-electron chi connectivity index (χ4n) is 0.910. The number of esters is 2. The third-order valence-corrected chi connectivity index (χ3v) is 1.69. The maximum atomic E-state index is 11.1. The molecular formula is C11H16O6. The van der Waals surface area contributed by atoms with Gasteiger partial charge in [-0.15, -0.1) is 0 Å². The maximum Gasteiger partial charge on any atom is 0.306 e. The van der Waals surface area contributed by atoms with Crippen LogP contribution in [0.2, 0.25) is 0 Å². The molecule has 0 aliphatic carbocycles. The molecule has 0 saturated carbocycles. The van der Waals surface area contributed by atoms with E-state index in [0.717, 1.165) is 0 Å². The molecule has 0 radical (unpaired) electrons. The van der Waals surface area contributed by atoms with Gasteiger partial charge in [0, 0.05) is 6.42 Å². The Bertz CT molecular complexity index is 284. The van der Waals surface area contributed by atoms with E-state index in [2.05, 4.69) is 11.3 Å². The molecule has 0 atom stereocenters. The summed E-state index contributed by atoms with van der Waals surface area (Å²) in [6, 6.07) is 0. The molecule has 6 heteroatoms. The van der Waals surface area contributed by atoms with Crippen LogP contribution in [0.25, 0.3) is 0 Å². The van der Waals surface area contributed by atoms with Crippen molar-refractivity contribution in [3.05, 3.63) is 12.7 Å². The van der Waals surface area contributed by atoms with Crippen molar-refractivity contribution in [2.24, 2.45) is 0 Å². The van der Waals surface area contributed by atoms with Crippen LogP contribution in [0.3, 0.4) is 0 Å². The second kappa shape index (κ2) is 9.38. The highest BCUT2D eigenvalue weighted by molar-refractivity contribution is 5.77. The molecule has 0 aliphatic rings. The number of ether oxygens (including phenoxy) is 2. The van der Waals surface area contributed by atoms with Crippen molar-refractivity contribution in [3.63, 3.8) is 0 Å². The normalized spacial score (nSPS) is 9.41. The zero-order valence-corrected chi connectivity index (χ0v) is 9.52. The van der Waals surface area contributed by atoms with E-state index in [-0.39, 0.29) is 38.9 Å².